The van der Waals surface area contributed by atoms with Crippen LogP contribution in [0.4, 0.5) is 0 Å². The molecule has 0 aliphatic carbocycles. The highest BCUT2D eigenvalue weighted by Crippen LogP contribution is 2.66. The fraction of sp³-hybridized carbons (Fsp3) is 0.500. The lowest BCUT2D eigenvalue weighted by atomic mass is 9.53. The molecule has 2 heterocycles. The van der Waals surface area contributed by atoms with Crippen LogP contribution < -0.4 is 0 Å². The van der Waals surface area contributed by atoms with Gasteiger partial charge in [-0.3, -0.25) is 5.41 Å². The van der Waals surface area contributed by atoms with Gasteiger partial charge in [-0.15, -0.1) is 0 Å². The molecular weight excluding hydrogens is 328 g/mol. The molecule has 26 heavy (non-hydrogen) atoms. The van der Waals surface area contributed by atoms with Crippen molar-refractivity contribution in [2.75, 3.05) is 0 Å². The van der Waals surface area contributed by atoms with E-state index in [0.717, 1.165) is 12.0 Å². The van der Waals surface area contributed by atoms with Crippen molar-refractivity contribution >= 4 is 5.90 Å². The maximum absolute atomic E-state index is 10.0. The van der Waals surface area contributed by atoms with E-state index in [1.807, 2.05) is 50.3 Å². The van der Waals surface area contributed by atoms with Gasteiger partial charge in [-0.1, -0.05) is 45.0 Å². The Kier molecular flexibility index (Phi) is 4.02. The Balaban J connectivity index is 2.28. The first kappa shape index (κ1) is 17.9. The van der Waals surface area contributed by atoms with Gasteiger partial charge in [0.25, 0.3) is 0 Å². The summed E-state index contributed by atoms with van der Waals surface area (Å²) in [5, 5.41) is 38.4. The molecule has 0 amide bonds. The normalized spacial score (nSPS) is 34.2. The fourth-order valence-corrected chi connectivity index (χ4v) is 4.27. The van der Waals surface area contributed by atoms with E-state index in [2.05, 4.69) is 6.07 Å². The van der Waals surface area contributed by atoms with Crippen molar-refractivity contribution in [2.45, 2.75) is 45.5 Å². The lowest BCUT2D eigenvalue weighted by Crippen LogP contribution is -2.58. The number of hydrogen-bond acceptors (Lipinski definition) is 6. The van der Waals surface area contributed by atoms with Gasteiger partial charge < -0.3 is 9.47 Å². The Labute approximate surface area is 153 Å². The molecule has 1 N–H and O–H groups in total. The minimum absolute atomic E-state index is 0.356. The lowest BCUT2D eigenvalue weighted by molar-refractivity contribution is -0.280. The van der Waals surface area contributed by atoms with E-state index in [-0.39, 0.29) is 5.90 Å². The summed E-state index contributed by atoms with van der Waals surface area (Å²) in [4.78, 5) is 0. The molecule has 0 spiro atoms. The Morgan fingerprint density at radius 2 is 1.69 bits per heavy atom. The summed E-state index contributed by atoms with van der Waals surface area (Å²) in [7, 11) is 0. The largest absolute Gasteiger partial charge is 0.447 e. The van der Waals surface area contributed by atoms with E-state index in [0.29, 0.717) is 12.0 Å². The number of aryl methyl sites for hydroxylation is 1. The van der Waals surface area contributed by atoms with Crippen molar-refractivity contribution in [3.8, 4) is 18.2 Å². The predicted molar refractivity (Wildman–Crippen MR) is 92.3 cm³/mol. The molecule has 6 nitrogen and oxygen atoms in total. The van der Waals surface area contributed by atoms with Crippen molar-refractivity contribution in [1.29, 1.82) is 21.2 Å². The zero-order valence-electron chi connectivity index (χ0n) is 15.0. The highest BCUT2D eigenvalue weighted by molar-refractivity contribution is 5.89. The maximum Gasteiger partial charge on any atom is 0.217 e. The number of benzene rings is 1. The minimum atomic E-state index is -1.87. The molecule has 2 fully saturated rings. The third kappa shape index (κ3) is 1.84. The summed E-state index contributed by atoms with van der Waals surface area (Å²) in [6, 6.07) is 13.7. The van der Waals surface area contributed by atoms with Crippen molar-refractivity contribution in [3.63, 3.8) is 0 Å². The SMILES string of the molecule is CCc1ccc(C2OC3(CC)OC(=N)C(C#N)(C3C)C2(C#N)C#N)cc1. The minimum Gasteiger partial charge on any atom is -0.447 e. The second-order valence-electron chi connectivity index (χ2n) is 6.86. The van der Waals surface area contributed by atoms with Gasteiger partial charge in [0.05, 0.1) is 24.1 Å². The molecule has 0 aromatic heterocycles. The molecule has 132 valence electrons. The van der Waals surface area contributed by atoms with Gasteiger partial charge in [-0.25, -0.2) is 0 Å². The average Bonchev–Trinajstić information content (AvgIpc) is 2.84. The molecule has 2 saturated heterocycles. The van der Waals surface area contributed by atoms with E-state index in [1.165, 1.54) is 0 Å². The molecule has 1 aromatic rings. The van der Waals surface area contributed by atoms with Crippen LogP contribution in [0.25, 0.3) is 0 Å². The van der Waals surface area contributed by atoms with Gasteiger partial charge in [0.2, 0.25) is 17.1 Å². The molecule has 2 aliphatic rings. The topological polar surface area (TPSA) is 114 Å². The van der Waals surface area contributed by atoms with Crippen LogP contribution >= 0.6 is 0 Å². The van der Waals surface area contributed by atoms with Crippen LogP contribution in [0, 0.1) is 56.2 Å². The number of nitrogens with zero attached hydrogens (tertiary/aromatic N) is 3. The number of nitrogens with one attached hydrogen (secondary N) is 1. The number of rotatable bonds is 3. The monoisotopic (exact) mass is 348 g/mol. The number of hydrogen-bond donors (Lipinski definition) is 1. The van der Waals surface area contributed by atoms with Crippen LogP contribution in [0.3, 0.4) is 0 Å². The third-order valence-corrected chi connectivity index (χ3v) is 5.99. The van der Waals surface area contributed by atoms with Gasteiger partial charge in [0, 0.05) is 6.42 Å². The Morgan fingerprint density at radius 1 is 1.08 bits per heavy atom. The van der Waals surface area contributed by atoms with Gasteiger partial charge in [-0.05, 0) is 17.5 Å². The molecule has 3 rings (SSSR count). The quantitative estimate of drug-likeness (QED) is 0.896. The number of ether oxygens (including phenoxy) is 2. The maximum atomic E-state index is 10.0. The summed E-state index contributed by atoms with van der Waals surface area (Å²) < 4.78 is 11.9. The first-order chi connectivity index (χ1) is 12.4. The molecule has 6 heteroatoms. The first-order valence-electron chi connectivity index (χ1n) is 8.69. The molecule has 2 bridgehead atoms. The van der Waals surface area contributed by atoms with Crippen LogP contribution in [-0.4, -0.2) is 11.7 Å². The number of nitriles is 3. The average molecular weight is 348 g/mol. The van der Waals surface area contributed by atoms with E-state index >= 15 is 0 Å². The van der Waals surface area contributed by atoms with Gasteiger partial charge in [0.1, 0.15) is 6.10 Å². The second kappa shape index (κ2) is 5.84. The molecule has 4 atom stereocenters. The van der Waals surface area contributed by atoms with Crippen LogP contribution in [0.15, 0.2) is 24.3 Å². The summed E-state index contributed by atoms with van der Waals surface area (Å²) >= 11 is 0. The van der Waals surface area contributed by atoms with Crippen molar-refractivity contribution in [2.24, 2.45) is 16.7 Å². The van der Waals surface area contributed by atoms with E-state index in [4.69, 9.17) is 14.9 Å². The molecule has 1 aromatic carbocycles. The Hall–Kier alpha value is -2.88. The van der Waals surface area contributed by atoms with Crippen molar-refractivity contribution < 1.29 is 9.47 Å². The Bertz CT molecular complexity index is 859. The lowest BCUT2D eigenvalue weighted by Gasteiger charge is -2.48. The highest BCUT2D eigenvalue weighted by atomic mass is 16.7. The van der Waals surface area contributed by atoms with Crippen molar-refractivity contribution in [3.05, 3.63) is 35.4 Å². The molecular formula is C20H20N4O2. The second-order valence-corrected chi connectivity index (χ2v) is 6.86. The van der Waals surface area contributed by atoms with Crippen LogP contribution in [-0.2, 0) is 15.9 Å². The zero-order chi connectivity index (χ0) is 19.2. The molecule has 4 unspecified atom stereocenters. The van der Waals surface area contributed by atoms with Gasteiger partial charge in [-0.2, -0.15) is 15.8 Å². The molecule has 0 saturated carbocycles. The fourth-order valence-electron chi connectivity index (χ4n) is 4.27. The van der Waals surface area contributed by atoms with Crippen molar-refractivity contribution in [1.82, 2.24) is 0 Å². The van der Waals surface area contributed by atoms with E-state index in [9.17, 15) is 15.8 Å². The summed E-state index contributed by atoms with van der Waals surface area (Å²) in [5.74, 6) is -2.17. The highest BCUT2D eigenvalue weighted by Gasteiger charge is 2.78. The van der Waals surface area contributed by atoms with Crippen LogP contribution in [0.2, 0.25) is 0 Å². The molecule has 2 aliphatic heterocycles. The third-order valence-electron chi connectivity index (χ3n) is 5.99. The first-order valence-corrected chi connectivity index (χ1v) is 8.69. The smallest absolute Gasteiger partial charge is 0.217 e. The van der Waals surface area contributed by atoms with Gasteiger partial charge >= 0.3 is 0 Å². The molecule has 0 radical (unpaired) electrons. The summed E-state index contributed by atoms with van der Waals surface area (Å²) in [6.07, 6.45) is 0.275. The zero-order valence-corrected chi connectivity index (χ0v) is 15.0. The van der Waals surface area contributed by atoms with Crippen LogP contribution in [0.5, 0.6) is 0 Å². The van der Waals surface area contributed by atoms with Crippen LogP contribution in [0.1, 0.15) is 44.4 Å². The summed E-state index contributed by atoms with van der Waals surface area (Å²) in [6.45, 7) is 5.60. The van der Waals surface area contributed by atoms with E-state index in [1.54, 1.807) is 6.92 Å². The predicted octanol–water partition coefficient (Wildman–Crippen LogP) is 3.61. The van der Waals surface area contributed by atoms with Gasteiger partial charge in [0.15, 0.2) is 5.41 Å². The Morgan fingerprint density at radius 3 is 2.15 bits per heavy atom. The summed E-state index contributed by atoms with van der Waals surface area (Å²) in [5.41, 5.74) is -1.81. The van der Waals surface area contributed by atoms with E-state index < -0.39 is 28.6 Å². The standard InChI is InChI=1S/C20H20N4O2/c1-4-14-6-8-15(9-7-14)16-18(10-21,11-22)19(12-23)13(3)20(5-2,25-16)26-17(19)24/h6-9,13,16,24H,4-5H2,1-3H3. The number of fused-ring (bicyclic) bond motifs is 2.